The van der Waals surface area contributed by atoms with Gasteiger partial charge in [0.25, 0.3) is 5.91 Å². The number of hydrogen-bond donors (Lipinski definition) is 1. The van der Waals surface area contributed by atoms with Gasteiger partial charge in [0.15, 0.2) is 0 Å². The van der Waals surface area contributed by atoms with Gasteiger partial charge in [-0.1, -0.05) is 18.2 Å². The van der Waals surface area contributed by atoms with Gasteiger partial charge in [0.2, 0.25) is 0 Å². The van der Waals surface area contributed by atoms with Gasteiger partial charge in [-0.15, -0.1) is 11.8 Å². The Labute approximate surface area is 152 Å². The summed E-state index contributed by atoms with van der Waals surface area (Å²) in [5, 5.41) is 4.02. The van der Waals surface area contributed by atoms with Gasteiger partial charge in [-0.2, -0.15) is 0 Å². The number of nitrogens with zero attached hydrogens (tertiary/aromatic N) is 1. The molecule has 0 bridgehead atoms. The second-order valence-electron chi connectivity index (χ2n) is 5.78. The zero-order valence-electron chi connectivity index (χ0n) is 14.5. The number of amides is 1. The van der Waals surface area contributed by atoms with E-state index in [1.165, 1.54) is 4.90 Å². The number of thioether (sulfide) groups is 1. The second kappa shape index (κ2) is 8.12. The van der Waals surface area contributed by atoms with Gasteiger partial charge in [0.05, 0.1) is 7.11 Å². The van der Waals surface area contributed by atoms with E-state index in [2.05, 4.69) is 17.4 Å². The lowest BCUT2D eigenvalue weighted by Crippen LogP contribution is -2.26. The van der Waals surface area contributed by atoms with E-state index in [1.54, 1.807) is 7.11 Å². The van der Waals surface area contributed by atoms with Crippen LogP contribution >= 0.6 is 11.8 Å². The summed E-state index contributed by atoms with van der Waals surface area (Å²) in [6, 6.07) is 18.0. The molecule has 3 aromatic rings. The van der Waals surface area contributed by atoms with Crippen LogP contribution in [0.3, 0.4) is 0 Å². The predicted octanol–water partition coefficient (Wildman–Crippen LogP) is 4.10. The molecule has 0 unspecified atom stereocenters. The number of methoxy groups -OCH3 is 1. The van der Waals surface area contributed by atoms with Gasteiger partial charge in [0, 0.05) is 29.4 Å². The number of carbonyl (C=O) groups excluding carboxylic acids is 1. The monoisotopic (exact) mass is 354 g/mol. The Morgan fingerprint density at radius 1 is 1.16 bits per heavy atom. The normalized spacial score (nSPS) is 10.8. The van der Waals surface area contributed by atoms with E-state index in [-0.39, 0.29) is 5.91 Å². The minimum Gasteiger partial charge on any atom is -0.497 e. The minimum absolute atomic E-state index is 0.0395. The molecule has 0 aliphatic rings. The first-order chi connectivity index (χ1) is 12.2. The summed E-state index contributed by atoms with van der Waals surface area (Å²) in [4.78, 5) is 13.7. The van der Waals surface area contributed by atoms with Gasteiger partial charge >= 0.3 is 0 Å². The van der Waals surface area contributed by atoms with Crippen LogP contribution in [0.25, 0.3) is 10.9 Å². The molecule has 0 aliphatic heterocycles. The van der Waals surface area contributed by atoms with Crippen LogP contribution in [0, 0.1) is 0 Å². The Bertz CT molecular complexity index is 859. The largest absolute Gasteiger partial charge is 0.497 e. The van der Waals surface area contributed by atoms with Crippen LogP contribution in [-0.2, 0) is 7.05 Å². The van der Waals surface area contributed by atoms with E-state index >= 15 is 0 Å². The smallest absolute Gasteiger partial charge is 0.267 e. The first-order valence-electron chi connectivity index (χ1n) is 8.28. The van der Waals surface area contributed by atoms with Crippen molar-refractivity contribution in [2.45, 2.75) is 11.3 Å². The van der Waals surface area contributed by atoms with E-state index in [4.69, 9.17) is 4.74 Å². The van der Waals surface area contributed by atoms with Crippen molar-refractivity contribution in [3.05, 3.63) is 60.3 Å². The maximum atomic E-state index is 12.5. The maximum absolute atomic E-state index is 12.5. The molecule has 0 radical (unpaired) electrons. The van der Waals surface area contributed by atoms with Crippen molar-refractivity contribution < 1.29 is 9.53 Å². The third-order valence-electron chi connectivity index (χ3n) is 4.10. The molecule has 0 saturated carbocycles. The Morgan fingerprint density at radius 3 is 2.72 bits per heavy atom. The molecular formula is C20H22N2O2S. The fraction of sp³-hybridized carbons (Fsp3) is 0.250. The number of nitrogens with one attached hydrogen (secondary N) is 1. The molecule has 1 heterocycles. The van der Waals surface area contributed by atoms with E-state index in [0.717, 1.165) is 28.8 Å². The highest BCUT2D eigenvalue weighted by atomic mass is 32.2. The lowest BCUT2D eigenvalue weighted by atomic mass is 10.2. The number of ether oxygens (including phenoxy) is 1. The van der Waals surface area contributed by atoms with E-state index in [0.29, 0.717) is 12.2 Å². The molecule has 4 nitrogen and oxygen atoms in total. The molecule has 1 aromatic heterocycles. The van der Waals surface area contributed by atoms with Crippen LogP contribution in [0.2, 0.25) is 0 Å². The van der Waals surface area contributed by atoms with Gasteiger partial charge in [0.1, 0.15) is 11.4 Å². The standard InChI is InChI=1S/C20H22N2O2S/c1-22-18-10-9-16(24-2)13-15(18)14-19(22)20(23)21-11-6-12-25-17-7-4-3-5-8-17/h3-5,7-10,13-14H,6,11-12H2,1-2H3,(H,21,23). The van der Waals surface area contributed by atoms with Crippen LogP contribution in [-0.4, -0.2) is 29.9 Å². The summed E-state index contributed by atoms with van der Waals surface area (Å²) in [7, 11) is 3.56. The van der Waals surface area contributed by atoms with Crippen molar-refractivity contribution in [3.63, 3.8) is 0 Å². The Hall–Kier alpha value is -2.40. The number of hydrogen-bond acceptors (Lipinski definition) is 3. The van der Waals surface area contributed by atoms with Crippen molar-refractivity contribution in [2.24, 2.45) is 7.05 Å². The molecule has 5 heteroatoms. The van der Waals surface area contributed by atoms with Crippen molar-refractivity contribution in [1.29, 1.82) is 0 Å². The summed E-state index contributed by atoms with van der Waals surface area (Å²) in [6.07, 6.45) is 0.934. The Balaban J connectivity index is 1.54. The lowest BCUT2D eigenvalue weighted by molar-refractivity contribution is 0.0946. The molecule has 1 amide bonds. The molecule has 2 aromatic carbocycles. The SMILES string of the molecule is COc1ccc2c(c1)cc(C(=O)NCCCSc1ccccc1)n2C. The predicted molar refractivity (Wildman–Crippen MR) is 104 cm³/mol. The van der Waals surface area contributed by atoms with E-state index in [9.17, 15) is 4.79 Å². The van der Waals surface area contributed by atoms with E-state index in [1.807, 2.05) is 65.8 Å². The van der Waals surface area contributed by atoms with Gasteiger partial charge in [-0.3, -0.25) is 4.79 Å². The first kappa shape index (κ1) is 17.4. The van der Waals surface area contributed by atoms with Crippen molar-refractivity contribution in [1.82, 2.24) is 9.88 Å². The summed E-state index contributed by atoms with van der Waals surface area (Å²) < 4.78 is 7.17. The average Bonchev–Trinajstić information content (AvgIpc) is 2.98. The summed E-state index contributed by atoms with van der Waals surface area (Å²) in [6.45, 7) is 0.670. The summed E-state index contributed by atoms with van der Waals surface area (Å²) in [5.74, 6) is 1.74. The quantitative estimate of drug-likeness (QED) is 0.513. The van der Waals surface area contributed by atoms with E-state index < -0.39 is 0 Å². The minimum atomic E-state index is -0.0395. The topological polar surface area (TPSA) is 43.3 Å². The second-order valence-corrected chi connectivity index (χ2v) is 6.95. The molecule has 0 saturated heterocycles. The molecule has 0 spiro atoms. The molecular weight excluding hydrogens is 332 g/mol. The number of aromatic nitrogens is 1. The molecule has 0 aliphatic carbocycles. The van der Waals surface area contributed by atoms with Crippen LogP contribution in [0.1, 0.15) is 16.9 Å². The Morgan fingerprint density at radius 2 is 1.96 bits per heavy atom. The highest BCUT2D eigenvalue weighted by Gasteiger charge is 2.13. The third-order valence-corrected chi connectivity index (χ3v) is 5.20. The number of aryl methyl sites for hydroxylation is 1. The highest BCUT2D eigenvalue weighted by molar-refractivity contribution is 7.99. The number of carbonyl (C=O) groups is 1. The van der Waals surface area contributed by atoms with Gasteiger partial charge in [-0.25, -0.2) is 0 Å². The van der Waals surface area contributed by atoms with Crippen LogP contribution in [0.5, 0.6) is 5.75 Å². The molecule has 3 rings (SSSR count). The fourth-order valence-corrected chi connectivity index (χ4v) is 3.62. The van der Waals surface area contributed by atoms with Crippen LogP contribution in [0.15, 0.2) is 59.5 Å². The van der Waals surface area contributed by atoms with Crippen molar-refractivity contribution in [3.8, 4) is 5.75 Å². The molecule has 0 atom stereocenters. The fourth-order valence-electron chi connectivity index (χ4n) is 2.74. The molecule has 0 fully saturated rings. The van der Waals surface area contributed by atoms with Gasteiger partial charge in [-0.05, 0) is 48.6 Å². The van der Waals surface area contributed by atoms with Crippen molar-refractivity contribution >= 4 is 28.6 Å². The van der Waals surface area contributed by atoms with Crippen molar-refractivity contribution in [2.75, 3.05) is 19.4 Å². The zero-order valence-corrected chi connectivity index (χ0v) is 15.3. The van der Waals surface area contributed by atoms with Crippen LogP contribution < -0.4 is 10.1 Å². The number of fused-ring (bicyclic) bond motifs is 1. The number of benzene rings is 2. The lowest BCUT2D eigenvalue weighted by Gasteiger charge is -2.07. The molecule has 1 N–H and O–H groups in total. The Kier molecular flexibility index (Phi) is 5.66. The number of rotatable bonds is 7. The molecule has 25 heavy (non-hydrogen) atoms. The third kappa shape index (κ3) is 4.17. The van der Waals surface area contributed by atoms with Gasteiger partial charge < -0.3 is 14.6 Å². The average molecular weight is 354 g/mol. The zero-order chi connectivity index (χ0) is 17.6. The molecule has 130 valence electrons. The highest BCUT2D eigenvalue weighted by Crippen LogP contribution is 2.23. The maximum Gasteiger partial charge on any atom is 0.267 e. The summed E-state index contributed by atoms with van der Waals surface area (Å²) >= 11 is 1.81. The van der Waals surface area contributed by atoms with Crippen LogP contribution in [0.4, 0.5) is 0 Å². The summed E-state index contributed by atoms with van der Waals surface area (Å²) in [5.41, 5.74) is 1.68. The first-order valence-corrected chi connectivity index (χ1v) is 9.27.